The molecule has 0 saturated heterocycles. The number of anilines is 1. The van der Waals surface area contributed by atoms with Crippen molar-refractivity contribution in [3.05, 3.63) is 46.4 Å². The highest BCUT2D eigenvalue weighted by molar-refractivity contribution is 9.10. The van der Waals surface area contributed by atoms with Crippen LogP contribution in [0.1, 0.15) is 5.56 Å². The highest BCUT2D eigenvalue weighted by Crippen LogP contribution is 2.40. The van der Waals surface area contributed by atoms with E-state index in [1.165, 1.54) is 4.90 Å². The van der Waals surface area contributed by atoms with Crippen molar-refractivity contribution in [2.45, 2.75) is 11.4 Å². The summed E-state index contributed by atoms with van der Waals surface area (Å²) in [6, 6.07) is 12.5. The van der Waals surface area contributed by atoms with Gasteiger partial charge in [-0.3, -0.25) is 0 Å². The Morgan fingerprint density at radius 2 is 2.00 bits per heavy atom. The van der Waals surface area contributed by atoms with Crippen molar-refractivity contribution >= 4 is 33.4 Å². The van der Waals surface area contributed by atoms with Crippen molar-refractivity contribution in [2.75, 3.05) is 18.4 Å². The summed E-state index contributed by atoms with van der Waals surface area (Å²) in [5, 5.41) is 3.40. The smallest absolute Gasteiger partial charge is 0.231 e. The van der Waals surface area contributed by atoms with Gasteiger partial charge in [-0.2, -0.15) is 0 Å². The predicted molar refractivity (Wildman–Crippen MR) is 85.8 cm³/mol. The van der Waals surface area contributed by atoms with Gasteiger partial charge in [-0.1, -0.05) is 0 Å². The SMILES string of the molecule is CSc1ccc(NCc2cc(Br)c3c(c2)OCO3)cc1. The molecule has 2 aromatic rings. The number of hydrogen-bond acceptors (Lipinski definition) is 4. The predicted octanol–water partition coefficient (Wildman–Crippen LogP) is 4.51. The second-order valence-electron chi connectivity index (χ2n) is 4.39. The van der Waals surface area contributed by atoms with Crippen LogP contribution in [0, 0.1) is 0 Å². The average Bonchev–Trinajstić information content (AvgIpc) is 2.94. The van der Waals surface area contributed by atoms with Gasteiger partial charge in [0.05, 0.1) is 4.47 Å². The largest absolute Gasteiger partial charge is 0.454 e. The van der Waals surface area contributed by atoms with Gasteiger partial charge in [0.2, 0.25) is 6.79 Å². The Hall–Kier alpha value is -1.33. The first-order valence-corrected chi connectivity index (χ1v) is 8.24. The number of ether oxygens (including phenoxy) is 2. The van der Waals surface area contributed by atoms with Gasteiger partial charge in [0, 0.05) is 17.1 Å². The molecule has 104 valence electrons. The summed E-state index contributed by atoms with van der Waals surface area (Å²) >= 11 is 5.25. The van der Waals surface area contributed by atoms with Gasteiger partial charge < -0.3 is 14.8 Å². The van der Waals surface area contributed by atoms with Gasteiger partial charge in [-0.05, 0) is 64.1 Å². The van der Waals surface area contributed by atoms with Crippen LogP contribution in [0.25, 0.3) is 0 Å². The molecule has 0 bridgehead atoms. The minimum atomic E-state index is 0.293. The summed E-state index contributed by atoms with van der Waals surface area (Å²) in [6.07, 6.45) is 2.08. The highest BCUT2D eigenvalue weighted by Gasteiger charge is 2.17. The third kappa shape index (κ3) is 2.88. The van der Waals surface area contributed by atoms with Crippen molar-refractivity contribution in [3.8, 4) is 11.5 Å². The number of nitrogens with one attached hydrogen (secondary N) is 1. The Bertz CT molecular complexity index is 616. The zero-order valence-corrected chi connectivity index (χ0v) is 13.4. The Morgan fingerprint density at radius 3 is 2.75 bits per heavy atom. The molecule has 1 aliphatic heterocycles. The lowest BCUT2D eigenvalue weighted by Gasteiger charge is -2.09. The molecule has 1 aliphatic rings. The lowest BCUT2D eigenvalue weighted by atomic mass is 10.2. The second-order valence-corrected chi connectivity index (χ2v) is 6.13. The Kier molecular flexibility index (Phi) is 4.08. The molecule has 1 heterocycles. The summed E-state index contributed by atoms with van der Waals surface area (Å²) in [5.74, 6) is 1.59. The maximum atomic E-state index is 5.42. The van der Waals surface area contributed by atoms with Crippen LogP contribution in [0.3, 0.4) is 0 Å². The molecule has 3 nitrogen and oxygen atoms in total. The van der Waals surface area contributed by atoms with Crippen LogP contribution in [-0.2, 0) is 6.54 Å². The second kappa shape index (κ2) is 5.97. The first-order valence-electron chi connectivity index (χ1n) is 6.22. The van der Waals surface area contributed by atoms with E-state index in [1.54, 1.807) is 11.8 Å². The summed E-state index contributed by atoms with van der Waals surface area (Å²) < 4.78 is 11.7. The molecule has 0 radical (unpaired) electrons. The molecule has 0 unspecified atom stereocenters. The number of thioether (sulfide) groups is 1. The van der Waals surface area contributed by atoms with Gasteiger partial charge >= 0.3 is 0 Å². The van der Waals surface area contributed by atoms with E-state index in [4.69, 9.17) is 9.47 Å². The molecule has 20 heavy (non-hydrogen) atoms. The minimum absolute atomic E-state index is 0.293. The van der Waals surface area contributed by atoms with E-state index in [0.717, 1.165) is 33.8 Å². The van der Waals surface area contributed by atoms with Gasteiger partial charge in [-0.25, -0.2) is 0 Å². The van der Waals surface area contributed by atoms with Crippen LogP contribution in [0.5, 0.6) is 11.5 Å². The molecule has 0 spiro atoms. The number of benzene rings is 2. The van der Waals surface area contributed by atoms with Gasteiger partial charge in [-0.15, -0.1) is 11.8 Å². The van der Waals surface area contributed by atoms with E-state index in [2.05, 4.69) is 57.8 Å². The lowest BCUT2D eigenvalue weighted by molar-refractivity contribution is 0.173. The van der Waals surface area contributed by atoms with Gasteiger partial charge in [0.15, 0.2) is 11.5 Å². The van der Waals surface area contributed by atoms with Crippen LogP contribution < -0.4 is 14.8 Å². The molecule has 0 aromatic heterocycles. The Labute approximate surface area is 130 Å². The van der Waals surface area contributed by atoms with E-state index < -0.39 is 0 Å². The maximum absolute atomic E-state index is 5.42. The monoisotopic (exact) mass is 351 g/mol. The van der Waals surface area contributed by atoms with E-state index >= 15 is 0 Å². The molecule has 0 amide bonds. The molecule has 0 atom stereocenters. The molecule has 0 saturated carbocycles. The first-order chi connectivity index (χ1) is 9.76. The molecular formula is C15H14BrNO2S. The summed E-state index contributed by atoms with van der Waals surface area (Å²) in [6.45, 7) is 1.04. The van der Waals surface area contributed by atoms with E-state index in [9.17, 15) is 0 Å². The van der Waals surface area contributed by atoms with E-state index in [1.807, 2.05) is 6.07 Å². The van der Waals surface area contributed by atoms with E-state index in [-0.39, 0.29) is 0 Å². The summed E-state index contributed by atoms with van der Waals surface area (Å²) in [4.78, 5) is 1.27. The number of rotatable bonds is 4. The fourth-order valence-corrected chi connectivity index (χ4v) is 3.05. The van der Waals surface area contributed by atoms with Crippen molar-refractivity contribution in [3.63, 3.8) is 0 Å². The Morgan fingerprint density at radius 1 is 1.20 bits per heavy atom. The lowest BCUT2D eigenvalue weighted by Crippen LogP contribution is -1.99. The van der Waals surface area contributed by atoms with Crippen molar-refractivity contribution in [1.29, 1.82) is 0 Å². The van der Waals surface area contributed by atoms with Crippen molar-refractivity contribution < 1.29 is 9.47 Å². The highest BCUT2D eigenvalue weighted by atomic mass is 79.9. The number of fused-ring (bicyclic) bond motifs is 1. The standard InChI is InChI=1S/C15H14BrNO2S/c1-20-12-4-2-11(3-5-12)17-8-10-6-13(16)15-14(7-10)18-9-19-15/h2-7,17H,8-9H2,1H3. The summed E-state index contributed by atoms with van der Waals surface area (Å²) in [7, 11) is 0. The molecule has 1 N–H and O–H groups in total. The fraction of sp³-hybridized carbons (Fsp3) is 0.200. The minimum Gasteiger partial charge on any atom is -0.454 e. The zero-order valence-electron chi connectivity index (χ0n) is 11.0. The zero-order chi connectivity index (χ0) is 13.9. The quantitative estimate of drug-likeness (QED) is 0.820. The van der Waals surface area contributed by atoms with E-state index in [0.29, 0.717) is 6.79 Å². The molecule has 5 heteroatoms. The van der Waals surface area contributed by atoms with Gasteiger partial charge in [0.1, 0.15) is 0 Å². The topological polar surface area (TPSA) is 30.5 Å². The molecular weight excluding hydrogens is 338 g/mol. The molecule has 3 rings (SSSR count). The third-order valence-electron chi connectivity index (χ3n) is 3.07. The number of halogens is 1. The Balaban J connectivity index is 1.70. The van der Waals surface area contributed by atoms with Gasteiger partial charge in [0.25, 0.3) is 0 Å². The van der Waals surface area contributed by atoms with Crippen molar-refractivity contribution in [2.24, 2.45) is 0 Å². The molecule has 0 fully saturated rings. The third-order valence-corrected chi connectivity index (χ3v) is 4.41. The maximum Gasteiger partial charge on any atom is 0.231 e. The van der Waals surface area contributed by atoms with Crippen LogP contribution in [0.15, 0.2) is 45.8 Å². The van der Waals surface area contributed by atoms with Crippen LogP contribution in [-0.4, -0.2) is 13.0 Å². The van der Waals surface area contributed by atoms with Crippen molar-refractivity contribution in [1.82, 2.24) is 0 Å². The molecule has 2 aromatic carbocycles. The van der Waals surface area contributed by atoms with Crippen LogP contribution >= 0.6 is 27.7 Å². The van der Waals surface area contributed by atoms with Crippen LogP contribution in [0.4, 0.5) is 5.69 Å². The first kappa shape index (κ1) is 13.6. The average molecular weight is 352 g/mol. The normalized spacial score (nSPS) is 12.5. The number of hydrogen-bond donors (Lipinski definition) is 1. The summed E-state index contributed by atoms with van der Waals surface area (Å²) in [5.41, 5.74) is 2.26. The fourth-order valence-electron chi connectivity index (χ4n) is 2.04. The molecule has 0 aliphatic carbocycles. The van der Waals surface area contributed by atoms with Crippen LogP contribution in [0.2, 0.25) is 0 Å².